The normalized spacial score (nSPS) is 18.2. The van der Waals surface area contributed by atoms with Crippen molar-refractivity contribution in [1.29, 1.82) is 0 Å². The van der Waals surface area contributed by atoms with Crippen molar-refractivity contribution in [1.82, 2.24) is 5.32 Å². The summed E-state index contributed by atoms with van der Waals surface area (Å²) in [5.74, 6) is 0. The fourth-order valence-electron chi connectivity index (χ4n) is 2.02. The summed E-state index contributed by atoms with van der Waals surface area (Å²) in [5.41, 5.74) is 4.72. The van der Waals surface area contributed by atoms with Gasteiger partial charge < -0.3 is 5.32 Å². The third-order valence-corrected chi connectivity index (χ3v) is 2.88. The Bertz CT molecular complexity index is 331. The van der Waals surface area contributed by atoms with Gasteiger partial charge in [-0.3, -0.25) is 0 Å². The molecule has 1 aliphatic heterocycles. The van der Waals surface area contributed by atoms with Crippen molar-refractivity contribution in [3.63, 3.8) is 0 Å². The zero-order chi connectivity index (χ0) is 9.47. The van der Waals surface area contributed by atoms with Crippen molar-refractivity contribution >= 4 is 12.4 Å². The third-order valence-electron chi connectivity index (χ3n) is 2.88. The van der Waals surface area contributed by atoms with Crippen LogP contribution in [0.15, 0.2) is 18.2 Å². The molecule has 0 atom stereocenters. The van der Waals surface area contributed by atoms with Crippen LogP contribution in [0, 0.1) is 6.92 Å². The van der Waals surface area contributed by atoms with E-state index in [9.17, 15) is 0 Å². The molecule has 78 valence electrons. The minimum Gasteiger partial charge on any atom is -0.307 e. The van der Waals surface area contributed by atoms with Crippen LogP contribution in [0.5, 0.6) is 0 Å². The van der Waals surface area contributed by atoms with Crippen molar-refractivity contribution in [3.8, 4) is 0 Å². The molecule has 0 amide bonds. The number of halogens is 1. The summed E-state index contributed by atoms with van der Waals surface area (Å²) in [6, 6.07) is 6.58. The Hall–Kier alpha value is -0.530. The molecule has 0 bridgehead atoms. The predicted molar refractivity (Wildman–Crippen MR) is 63.0 cm³/mol. The highest BCUT2D eigenvalue weighted by molar-refractivity contribution is 5.85. The molecule has 0 saturated carbocycles. The molecule has 1 aromatic carbocycles. The molecule has 1 aromatic rings. The van der Waals surface area contributed by atoms with E-state index in [1.54, 1.807) is 5.56 Å². The Balaban J connectivity index is 0.000000980. The Kier molecular flexibility index (Phi) is 3.23. The molecular formula is C12H18ClN. The summed E-state index contributed by atoms with van der Waals surface area (Å²) in [6.45, 7) is 7.76. The minimum absolute atomic E-state index is 0. The van der Waals surface area contributed by atoms with Gasteiger partial charge in [0, 0.05) is 12.1 Å². The van der Waals surface area contributed by atoms with Crippen LogP contribution >= 0.6 is 12.4 Å². The van der Waals surface area contributed by atoms with E-state index in [-0.39, 0.29) is 17.9 Å². The number of hydrogen-bond donors (Lipinski definition) is 1. The van der Waals surface area contributed by atoms with E-state index >= 15 is 0 Å². The molecule has 14 heavy (non-hydrogen) atoms. The molecule has 1 heterocycles. The maximum atomic E-state index is 3.54. The predicted octanol–water partition coefficient (Wildman–Crippen LogP) is 2.84. The monoisotopic (exact) mass is 211 g/mol. The zero-order valence-electron chi connectivity index (χ0n) is 9.05. The van der Waals surface area contributed by atoms with E-state index in [1.807, 2.05) is 0 Å². The number of rotatable bonds is 0. The Morgan fingerprint density at radius 3 is 2.71 bits per heavy atom. The largest absolute Gasteiger partial charge is 0.307 e. The quantitative estimate of drug-likeness (QED) is 0.696. The lowest BCUT2D eigenvalue weighted by Gasteiger charge is -2.33. The van der Waals surface area contributed by atoms with Crippen molar-refractivity contribution in [3.05, 3.63) is 34.9 Å². The second kappa shape index (κ2) is 3.92. The van der Waals surface area contributed by atoms with Crippen LogP contribution in [0.2, 0.25) is 0 Å². The summed E-state index contributed by atoms with van der Waals surface area (Å²) >= 11 is 0. The van der Waals surface area contributed by atoms with Gasteiger partial charge >= 0.3 is 0 Å². The molecular weight excluding hydrogens is 194 g/mol. The van der Waals surface area contributed by atoms with E-state index in [0.29, 0.717) is 0 Å². The lowest BCUT2D eigenvalue weighted by molar-refractivity contribution is 0.362. The summed E-state index contributed by atoms with van der Waals surface area (Å²) in [5, 5.41) is 3.54. The summed E-state index contributed by atoms with van der Waals surface area (Å²) in [6.07, 6.45) is 1.15. The summed E-state index contributed by atoms with van der Waals surface area (Å²) in [7, 11) is 0. The SMILES string of the molecule is Cc1cccc2c1CC(C)(C)NC2.Cl. The zero-order valence-corrected chi connectivity index (χ0v) is 9.87. The van der Waals surface area contributed by atoms with E-state index < -0.39 is 0 Å². The lowest BCUT2D eigenvalue weighted by Crippen LogP contribution is -2.44. The van der Waals surface area contributed by atoms with Gasteiger partial charge in [-0.2, -0.15) is 0 Å². The molecule has 0 radical (unpaired) electrons. The van der Waals surface area contributed by atoms with Crippen LogP contribution in [0.3, 0.4) is 0 Å². The smallest absolute Gasteiger partial charge is 0.0213 e. The standard InChI is InChI=1S/C12H17N.ClH/c1-9-5-4-6-10-8-13-12(2,3)7-11(9)10;/h4-6,13H,7-8H2,1-3H3;1H. The van der Waals surface area contributed by atoms with Gasteiger partial charge in [0.1, 0.15) is 0 Å². The van der Waals surface area contributed by atoms with Crippen molar-refractivity contribution < 1.29 is 0 Å². The van der Waals surface area contributed by atoms with Crippen LogP contribution in [-0.4, -0.2) is 5.54 Å². The van der Waals surface area contributed by atoms with E-state index in [0.717, 1.165) is 13.0 Å². The number of benzene rings is 1. The van der Waals surface area contributed by atoms with E-state index in [2.05, 4.69) is 44.3 Å². The highest BCUT2D eigenvalue weighted by Crippen LogP contribution is 2.25. The van der Waals surface area contributed by atoms with Gasteiger partial charge in [-0.25, -0.2) is 0 Å². The van der Waals surface area contributed by atoms with E-state index in [1.165, 1.54) is 11.1 Å². The van der Waals surface area contributed by atoms with Gasteiger partial charge in [-0.05, 0) is 43.9 Å². The van der Waals surface area contributed by atoms with E-state index in [4.69, 9.17) is 0 Å². The molecule has 0 saturated heterocycles. The average molecular weight is 212 g/mol. The molecule has 2 rings (SSSR count). The molecule has 0 fully saturated rings. The first-order valence-electron chi connectivity index (χ1n) is 4.91. The van der Waals surface area contributed by atoms with Gasteiger partial charge in [-0.1, -0.05) is 18.2 Å². The first-order valence-corrected chi connectivity index (χ1v) is 4.91. The first-order chi connectivity index (χ1) is 6.08. The third kappa shape index (κ3) is 2.10. The fourth-order valence-corrected chi connectivity index (χ4v) is 2.02. The molecule has 1 aliphatic rings. The maximum absolute atomic E-state index is 3.54. The minimum atomic E-state index is 0. The molecule has 0 spiro atoms. The molecule has 0 unspecified atom stereocenters. The number of aryl methyl sites for hydroxylation is 1. The van der Waals surface area contributed by atoms with Crippen LogP contribution in [0.1, 0.15) is 30.5 Å². The highest BCUT2D eigenvalue weighted by Gasteiger charge is 2.24. The van der Waals surface area contributed by atoms with Gasteiger partial charge in [0.25, 0.3) is 0 Å². The topological polar surface area (TPSA) is 12.0 Å². The van der Waals surface area contributed by atoms with Crippen molar-refractivity contribution in [2.75, 3.05) is 0 Å². The summed E-state index contributed by atoms with van der Waals surface area (Å²) < 4.78 is 0. The highest BCUT2D eigenvalue weighted by atomic mass is 35.5. The second-order valence-electron chi connectivity index (χ2n) is 4.63. The molecule has 1 nitrogen and oxygen atoms in total. The molecule has 0 aromatic heterocycles. The van der Waals surface area contributed by atoms with Gasteiger partial charge in [0.05, 0.1) is 0 Å². The van der Waals surface area contributed by atoms with Crippen LogP contribution < -0.4 is 5.32 Å². The molecule has 0 aliphatic carbocycles. The lowest BCUT2D eigenvalue weighted by atomic mass is 9.85. The summed E-state index contributed by atoms with van der Waals surface area (Å²) in [4.78, 5) is 0. The average Bonchev–Trinajstić information content (AvgIpc) is 2.06. The molecule has 2 heteroatoms. The number of hydrogen-bond acceptors (Lipinski definition) is 1. The second-order valence-corrected chi connectivity index (χ2v) is 4.63. The van der Waals surface area contributed by atoms with Crippen LogP contribution in [0.25, 0.3) is 0 Å². The fraction of sp³-hybridized carbons (Fsp3) is 0.500. The van der Waals surface area contributed by atoms with Gasteiger partial charge in [0.2, 0.25) is 0 Å². The van der Waals surface area contributed by atoms with Gasteiger partial charge in [-0.15, -0.1) is 12.4 Å². The Morgan fingerprint density at radius 1 is 1.29 bits per heavy atom. The Labute approximate surface area is 92.3 Å². The molecule has 1 N–H and O–H groups in total. The maximum Gasteiger partial charge on any atom is 0.0213 e. The van der Waals surface area contributed by atoms with Crippen LogP contribution in [0.4, 0.5) is 0 Å². The van der Waals surface area contributed by atoms with Gasteiger partial charge in [0.15, 0.2) is 0 Å². The van der Waals surface area contributed by atoms with Crippen molar-refractivity contribution in [2.45, 2.75) is 39.3 Å². The number of fused-ring (bicyclic) bond motifs is 1. The Morgan fingerprint density at radius 2 is 2.00 bits per heavy atom. The van der Waals surface area contributed by atoms with Crippen LogP contribution in [-0.2, 0) is 13.0 Å². The first kappa shape index (κ1) is 11.5. The van der Waals surface area contributed by atoms with Crippen molar-refractivity contribution in [2.24, 2.45) is 0 Å². The number of nitrogens with one attached hydrogen (secondary N) is 1.